The minimum Gasteiger partial charge on any atom is -0.465 e. The minimum atomic E-state index is -1.70. The van der Waals surface area contributed by atoms with Crippen molar-refractivity contribution in [3.05, 3.63) is 83.2 Å². The summed E-state index contributed by atoms with van der Waals surface area (Å²) in [6.07, 6.45) is 0.0219. The number of aromatic amines is 1. The Labute approximate surface area is 281 Å². The average Bonchev–Trinajstić information content (AvgIpc) is 3.37. The molecule has 8 bridgehead atoms. The van der Waals surface area contributed by atoms with E-state index in [4.69, 9.17) is 14.7 Å². The number of hydrogen-bond acceptors (Lipinski definition) is 6. The van der Waals surface area contributed by atoms with E-state index in [1.165, 1.54) is 0 Å². The predicted molar refractivity (Wildman–Crippen MR) is 176 cm³/mol. The van der Waals surface area contributed by atoms with Gasteiger partial charge in [-0.2, -0.15) is 0 Å². The fraction of sp³-hybridized carbons (Fsp3) is 0.361. The molecule has 13 nitrogen and oxygen atoms in total. The summed E-state index contributed by atoms with van der Waals surface area (Å²) >= 11 is 0. The molecule has 4 aliphatic rings. The van der Waals surface area contributed by atoms with E-state index in [0.717, 1.165) is 34.4 Å². The minimum absolute atomic E-state index is 0.0279. The lowest BCUT2D eigenvalue weighted by Gasteiger charge is -2.46. The van der Waals surface area contributed by atoms with Gasteiger partial charge in [0.15, 0.2) is 5.41 Å². The highest BCUT2D eigenvalue weighted by Crippen LogP contribution is 2.52. The van der Waals surface area contributed by atoms with E-state index in [-0.39, 0.29) is 31.0 Å². The maximum atomic E-state index is 15.8. The van der Waals surface area contributed by atoms with Crippen LogP contribution in [0.3, 0.4) is 0 Å². The summed E-state index contributed by atoms with van der Waals surface area (Å²) in [6, 6.07) is 14.5. The van der Waals surface area contributed by atoms with Gasteiger partial charge in [0.05, 0.1) is 24.0 Å². The van der Waals surface area contributed by atoms with Gasteiger partial charge in [0.1, 0.15) is 17.8 Å². The van der Waals surface area contributed by atoms with Crippen molar-refractivity contribution in [1.29, 1.82) is 0 Å². The summed E-state index contributed by atoms with van der Waals surface area (Å²) in [6.45, 7) is 2.23. The van der Waals surface area contributed by atoms with Crippen LogP contribution in [0.15, 0.2) is 54.7 Å². The van der Waals surface area contributed by atoms with Crippen molar-refractivity contribution in [3.63, 3.8) is 0 Å². The van der Waals surface area contributed by atoms with Gasteiger partial charge in [-0.25, -0.2) is 19.6 Å². The number of ether oxygens (including phenoxy) is 1. The Morgan fingerprint density at radius 2 is 1.71 bits per heavy atom. The lowest BCUT2D eigenvalue weighted by molar-refractivity contribution is -0.143. The number of rotatable bonds is 4. The van der Waals surface area contributed by atoms with Crippen LogP contribution < -0.4 is 10.6 Å². The third kappa shape index (κ3) is 5.02. The van der Waals surface area contributed by atoms with Crippen molar-refractivity contribution in [2.24, 2.45) is 18.9 Å². The maximum absolute atomic E-state index is 15.8. The van der Waals surface area contributed by atoms with Crippen molar-refractivity contribution in [3.8, 4) is 34.4 Å². The number of carboxylic acid groups (broad SMARTS) is 2. The van der Waals surface area contributed by atoms with Crippen molar-refractivity contribution in [1.82, 2.24) is 35.1 Å². The number of aromatic nitrogens is 4. The molecule has 3 unspecified atom stereocenters. The first-order valence-corrected chi connectivity index (χ1v) is 16.4. The summed E-state index contributed by atoms with van der Waals surface area (Å²) in [5.41, 5.74) is 3.45. The first kappa shape index (κ1) is 30.7. The molecular weight excluding hydrogens is 626 g/mol. The second-order valence-corrected chi connectivity index (χ2v) is 13.3. The van der Waals surface area contributed by atoms with Crippen molar-refractivity contribution in [2.75, 3.05) is 13.2 Å². The average molecular weight is 662 g/mol. The van der Waals surface area contributed by atoms with E-state index in [2.05, 4.69) is 27.5 Å². The molecule has 3 aliphatic heterocycles. The Balaban J connectivity index is 1.45. The van der Waals surface area contributed by atoms with E-state index < -0.39 is 41.6 Å². The largest absolute Gasteiger partial charge is 0.465 e. The summed E-state index contributed by atoms with van der Waals surface area (Å²) < 4.78 is 7.69. The molecule has 3 fully saturated rings. The predicted octanol–water partition coefficient (Wildman–Crippen LogP) is 3.67. The molecule has 2 aromatic heterocycles. The first-order chi connectivity index (χ1) is 23.6. The van der Waals surface area contributed by atoms with Crippen LogP contribution in [0.2, 0.25) is 0 Å². The fourth-order valence-electron chi connectivity index (χ4n) is 8.11. The van der Waals surface area contributed by atoms with Gasteiger partial charge in [0, 0.05) is 59.8 Å². The number of hydrogen-bond donors (Lipinski definition) is 5. The number of H-pyrrole nitrogens is 1. The second kappa shape index (κ2) is 11.5. The lowest BCUT2D eigenvalue weighted by Crippen LogP contribution is -2.64. The number of piperidine rings is 1. The summed E-state index contributed by atoms with van der Waals surface area (Å²) in [7, 11) is 1.85. The van der Waals surface area contributed by atoms with Gasteiger partial charge in [-0.05, 0) is 56.4 Å². The van der Waals surface area contributed by atoms with E-state index in [0.29, 0.717) is 30.1 Å². The molecule has 0 spiro atoms. The Morgan fingerprint density at radius 1 is 1.00 bits per heavy atom. The van der Waals surface area contributed by atoms with E-state index in [9.17, 15) is 19.8 Å². The normalized spacial score (nSPS) is 26.3. The quantitative estimate of drug-likeness (QED) is 0.206. The van der Waals surface area contributed by atoms with Crippen LogP contribution in [-0.4, -0.2) is 84.2 Å². The monoisotopic (exact) mass is 661 g/mol. The summed E-state index contributed by atoms with van der Waals surface area (Å²) in [5, 5.41) is 25.0. The number of carbonyl (C=O) groups is 3. The molecule has 5 N–H and O–H groups in total. The molecule has 5 heterocycles. The van der Waals surface area contributed by atoms with Gasteiger partial charge in [0.25, 0.3) is 0 Å². The molecule has 8 rings (SSSR count). The number of carbonyl (C=O) groups excluding carboxylic acids is 1. The van der Waals surface area contributed by atoms with Crippen LogP contribution in [-0.2, 0) is 22.0 Å². The number of fused-ring (bicyclic) bond motifs is 11. The zero-order valence-electron chi connectivity index (χ0n) is 26.9. The molecule has 49 heavy (non-hydrogen) atoms. The third-order valence-electron chi connectivity index (χ3n) is 10.5. The molecule has 1 aliphatic carbocycles. The maximum Gasteiger partial charge on any atom is 0.406 e. The fourth-order valence-corrected chi connectivity index (χ4v) is 8.11. The number of nitrogens with one attached hydrogen (secondary N) is 3. The van der Waals surface area contributed by atoms with Crippen LogP contribution in [0.1, 0.15) is 47.7 Å². The highest BCUT2D eigenvalue weighted by molar-refractivity contribution is 5.93. The molecule has 0 radical (unpaired) electrons. The van der Waals surface area contributed by atoms with Crippen LogP contribution in [0.4, 0.5) is 9.59 Å². The first-order valence-electron chi connectivity index (χ1n) is 16.4. The van der Waals surface area contributed by atoms with Gasteiger partial charge in [-0.15, -0.1) is 0 Å². The zero-order valence-corrected chi connectivity index (χ0v) is 26.9. The van der Waals surface area contributed by atoms with Crippen LogP contribution in [0.25, 0.3) is 22.5 Å². The van der Waals surface area contributed by atoms with E-state index in [1.807, 2.05) is 67.1 Å². The zero-order chi connectivity index (χ0) is 34.0. The van der Waals surface area contributed by atoms with Gasteiger partial charge < -0.3 is 40.0 Å². The van der Waals surface area contributed by atoms with Crippen molar-refractivity contribution >= 4 is 18.1 Å². The summed E-state index contributed by atoms with van der Waals surface area (Å²) in [4.78, 5) is 55.5. The molecule has 3 amide bonds. The standard InChI is InChI=1S/C36H35N7O6/c1-19-30-23-8-4-6-21(14-23)10-9-20-5-3-7-22(13-20)26-17-37-31(38-26)36(32(41-30)42(19)2,25-11-12-49-18-27(25)39-34(45)46)33(44)43-28-15-24(28)16-29(43)40-35(47)48/h3-8,13-14,17,24-25,27-29,39-40H,11-12,15-16,18H2,1-2H3,(H,37,38)(H,45,46)(H,47,48)/t24-,25?,27?,28?,29+,36-/m1/s1. The number of amides is 3. The second-order valence-electron chi connectivity index (χ2n) is 13.3. The molecule has 2 aromatic carbocycles. The number of likely N-dealkylation sites (tertiary alicyclic amines) is 1. The third-order valence-corrected chi connectivity index (χ3v) is 10.5. The smallest absolute Gasteiger partial charge is 0.406 e. The highest BCUT2D eigenvalue weighted by atomic mass is 16.5. The Bertz CT molecular complexity index is 2080. The van der Waals surface area contributed by atoms with Gasteiger partial charge in [0.2, 0.25) is 5.91 Å². The highest BCUT2D eigenvalue weighted by Gasteiger charge is 2.64. The van der Waals surface area contributed by atoms with Gasteiger partial charge in [-0.3, -0.25) is 4.79 Å². The number of nitrogens with zero attached hydrogens (tertiary/aromatic N) is 4. The summed E-state index contributed by atoms with van der Waals surface area (Å²) in [5.74, 6) is 6.22. The Morgan fingerprint density at radius 3 is 2.45 bits per heavy atom. The van der Waals surface area contributed by atoms with Crippen molar-refractivity contribution < 1.29 is 29.3 Å². The van der Waals surface area contributed by atoms with E-state index in [1.54, 1.807) is 11.1 Å². The van der Waals surface area contributed by atoms with E-state index >= 15 is 4.79 Å². The molecule has 13 heteroatoms. The molecule has 2 saturated heterocycles. The Kier molecular flexibility index (Phi) is 7.22. The SMILES string of the molecule is Cc1c2nc(n1C)[C@@](C(=O)N1C3C[C@@H]3C[C@H]1NC(=O)O)(C1CCOCC1NC(=O)O)c1nc(c[nH]1)-c1cccc(c1)C#Cc1cccc-2c1. The molecule has 4 aromatic rings. The van der Waals surface area contributed by atoms with Crippen molar-refractivity contribution in [2.45, 2.75) is 49.9 Å². The van der Waals surface area contributed by atoms with Crippen LogP contribution in [0.5, 0.6) is 0 Å². The van der Waals surface area contributed by atoms with Gasteiger partial charge >= 0.3 is 12.2 Å². The molecular formula is C36H35N7O6. The van der Waals surface area contributed by atoms with Crippen LogP contribution >= 0.6 is 0 Å². The lowest BCUT2D eigenvalue weighted by atomic mass is 9.66. The van der Waals surface area contributed by atoms with Gasteiger partial charge in [-0.1, -0.05) is 36.1 Å². The molecule has 250 valence electrons. The number of imidazole rings is 2. The molecule has 6 atom stereocenters. The topological polar surface area (TPSA) is 175 Å². The number of benzene rings is 2. The Hall–Kier alpha value is -5.61. The molecule has 1 saturated carbocycles. The van der Waals surface area contributed by atoms with Crippen LogP contribution in [0, 0.1) is 30.6 Å².